The van der Waals surface area contributed by atoms with Crippen LogP contribution >= 0.6 is 0 Å². The van der Waals surface area contributed by atoms with Crippen LogP contribution in [0.1, 0.15) is 49.3 Å². The Morgan fingerprint density at radius 2 is 1.68 bits per heavy atom. The SMILES string of the molecule is C1NCc2[nH]c(CC3C4CC5CC(C4)CC3C5)nc21. The van der Waals surface area contributed by atoms with Crippen LogP contribution in [0.25, 0.3) is 0 Å². The predicted molar refractivity (Wildman–Crippen MR) is 73.4 cm³/mol. The first kappa shape index (κ1) is 10.9. The molecule has 0 radical (unpaired) electrons. The Bertz CT molecular complexity index is 455. The van der Waals surface area contributed by atoms with Crippen molar-refractivity contribution in [3.63, 3.8) is 0 Å². The summed E-state index contributed by atoms with van der Waals surface area (Å²) in [6, 6.07) is 0. The van der Waals surface area contributed by atoms with Gasteiger partial charge in [0.15, 0.2) is 0 Å². The van der Waals surface area contributed by atoms with Crippen LogP contribution in [-0.4, -0.2) is 9.97 Å². The van der Waals surface area contributed by atoms with Gasteiger partial charge in [0.2, 0.25) is 0 Å². The lowest BCUT2D eigenvalue weighted by atomic mass is 9.51. The number of nitrogens with one attached hydrogen (secondary N) is 2. The number of aromatic nitrogens is 2. The van der Waals surface area contributed by atoms with Crippen LogP contribution in [0.4, 0.5) is 0 Å². The quantitative estimate of drug-likeness (QED) is 0.855. The molecule has 0 unspecified atom stereocenters. The fourth-order valence-electron chi connectivity index (χ4n) is 5.79. The van der Waals surface area contributed by atoms with Crippen LogP contribution in [0, 0.1) is 29.6 Å². The van der Waals surface area contributed by atoms with Gasteiger partial charge in [0.25, 0.3) is 0 Å². The summed E-state index contributed by atoms with van der Waals surface area (Å²) < 4.78 is 0. The molecular weight excluding hydrogens is 234 g/mol. The van der Waals surface area contributed by atoms with Crippen LogP contribution in [0.3, 0.4) is 0 Å². The Morgan fingerprint density at radius 1 is 0.947 bits per heavy atom. The van der Waals surface area contributed by atoms with Crippen molar-refractivity contribution in [2.75, 3.05) is 0 Å². The van der Waals surface area contributed by atoms with E-state index in [1.165, 1.54) is 49.3 Å². The first-order valence-corrected chi connectivity index (χ1v) is 8.12. The van der Waals surface area contributed by atoms with E-state index in [2.05, 4.69) is 10.3 Å². The average molecular weight is 257 g/mol. The lowest BCUT2D eigenvalue weighted by Gasteiger charge is -2.54. The molecule has 4 aliphatic carbocycles. The number of hydrogen-bond acceptors (Lipinski definition) is 2. The third-order valence-corrected chi connectivity index (χ3v) is 6.36. The number of hydrogen-bond donors (Lipinski definition) is 2. The van der Waals surface area contributed by atoms with Crippen molar-refractivity contribution in [1.82, 2.24) is 15.3 Å². The van der Waals surface area contributed by atoms with Gasteiger partial charge in [-0.25, -0.2) is 4.98 Å². The second kappa shape index (κ2) is 3.85. The summed E-state index contributed by atoms with van der Waals surface area (Å²) in [5.74, 6) is 6.44. The molecule has 0 aromatic carbocycles. The van der Waals surface area contributed by atoms with Crippen molar-refractivity contribution in [3.8, 4) is 0 Å². The normalized spacial score (nSPS) is 42.8. The summed E-state index contributed by atoms with van der Waals surface area (Å²) in [6.45, 7) is 1.96. The Hall–Kier alpha value is -0.830. The monoisotopic (exact) mass is 257 g/mol. The number of aromatic amines is 1. The van der Waals surface area contributed by atoms with E-state index in [9.17, 15) is 0 Å². The van der Waals surface area contributed by atoms with Gasteiger partial charge in [-0.15, -0.1) is 0 Å². The highest BCUT2D eigenvalue weighted by atomic mass is 15.0. The van der Waals surface area contributed by atoms with Gasteiger partial charge >= 0.3 is 0 Å². The van der Waals surface area contributed by atoms with Gasteiger partial charge in [-0.2, -0.15) is 0 Å². The van der Waals surface area contributed by atoms with Crippen molar-refractivity contribution < 1.29 is 0 Å². The van der Waals surface area contributed by atoms with Crippen molar-refractivity contribution >= 4 is 0 Å². The zero-order valence-corrected chi connectivity index (χ0v) is 11.5. The van der Waals surface area contributed by atoms with Gasteiger partial charge in [-0.3, -0.25) is 0 Å². The van der Waals surface area contributed by atoms with E-state index < -0.39 is 0 Å². The van der Waals surface area contributed by atoms with Crippen LogP contribution < -0.4 is 5.32 Å². The maximum absolute atomic E-state index is 4.82. The molecule has 0 amide bonds. The van der Waals surface area contributed by atoms with Gasteiger partial charge in [0, 0.05) is 19.5 Å². The van der Waals surface area contributed by atoms with E-state index in [1.54, 1.807) is 6.42 Å². The number of imidazole rings is 1. The molecule has 102 valence electrons. The van der Waals surface area contributed by atoms with Crippen molar-refractivity contribution in [1.29, 1.82) is 0 Å². The third-order valence-electron chi connectivity index (χ3n) is 6.36. The molecule has 3 nitrogen and oxygen atoms in total. The smallest absolute Gasteiger partial charge is 0.106 e. The predicted octanol–water partition coefficient (Wildman–Crippen LogP) is 2.63. The van der Waals surface area contributed by atoms with E-state index in [-0.39, 0.29) is 0 Å². The minimum atomic E-state index is 0.937. The summed E-state index contributed by atoms with van der Waals surface area (Å²) in [5.41, 5.74) is 2.62. The first-order valence-electron chi connectivity index (χ1n) is 8.12. The molecule has 0 atom stereocenters. The molecule has 0 saturated heterocycles. The molecule has 1 aromatic rings. The molecule has 0 spiro atoms. The highest BCUT2D eigenvalue weighted by molar-refractivity contribution is 5.19. The van der Waals surface area contributed by atoms with Crippen LogP contribution in [-0.2, 0) is 19.5 Å². The molecule has 1 aliphatic heterocycles. The van der Waals surface area contributed by atoms with Gasteiger partial charge in [0.1, 0.15) is 5.82 Å². The van der Waals surface area contributed by atoms with E-state index >= 15 is 0 Å². The van der Waals surface area contributed by atoms with E-state index in [4.69, 9.17) is 4.98 Å². The number of rotatable bonds is 2. The van der Waals surface area contributed by atoms with E-state index in [0.29, 0.717) is 0 Å². The Balaban J connectivity index is 1.38. The third kappa shape index (κ3) is 1.63. The van der Waals surface area contributed by atoms with Gasteiger partial charge in [-0.1, -0.05) is 0 Å². The maximum atomic E-state index is 4.82. The second-order valence-corrected chi connectivity index (χ2v) is 7.51. The molecule has 4 saturated carbocycles. The molecular formula is C16H23N3. The lowest BCUT2D eigenvalue weighted by molar-refractivity contribution is -0.0366. The highest BCUT2D eigenvalue weighted by Gasteiger charge is 2.48. The van der Waals surface area contributed by atoms with Crippen LogP contribution in [0.5, 0.6) is 0 Å². The standard InChI is InChI=1S/C16H23N3/c1-9-2-11-4-10(1)5-12(3-9)13(11)6-16-18-14-7-17-8-15(14)19-16/h9-13,17H,1-8H2,(H,18,19). The zero-order valence-electron chi connectivity index (χ0n) is 11.5. The van der Waals surface area contributed by atoms with Crippen molar-refractivity contribution in [2.45, 2.75) is 51.6 Å². The zero-order chi connectivity index (χ0) is 12.4. The minimum Gasteiger partial charge on any atom is -0.345 e. The number of H-pyrrole nitrogens is 1. The molecule has 19 heavy (non-hydrogen) atoms. The van der Waals surface area contributed by atoms with Crippen molar-refractivity contribution in [3.05, 3.63) is 17.2 Å². The minimum absolute atomic E-state index is 0.937. The second-order valence-electron chi connectivity index (χ2n) is 7.51. The van der Waals surface area contributed by atoms with Crippen LogP contribution in [0.15, 0.2) is 0 Å². The molecule has 3 heteroatoms. The fraction of sp³-hybridized carbons (Fsp3) is 0.812. The lowest BCUT2D eigenvalue weighted by Crippen LogP contribution is -2.45. The largest absolute Gasteiger partial charge is 0.345 e. The van der Waals surface area contributed by atoms with Gasteiger partial charge in [0.05, 0.1) is 11.4 Å². The molecule has 2 heterocycles. The fourth-order valence-corrected chi connectivity index (χ4v) is 5.79. The van der Waals surface area contributed by atoms with Gasteiger partial charge in [-0.05, 0) is 61.7 Å². The van der Waals surface area contributed by atoms with E-state index in [0.717, 1.165) is 42.7 Å². The Morgan fingerprint density at radius 3 is 2.37 bits per heavy atom. The topological polar surface area (TPSA) is 40.7 Å². The maximum Gasteiger partial charge on any atom is 0.106 e. The number of fused-ring (bicyclic) bond motifs is 1. The molecule has 2 N–H and O–H groups in total. The summed E-state index contributed by atoms with van der Waals surface area (Å²) in [6.07, 6.45) is 8.89. The summed E-state index contributed by atoms with van der Waals surface area (Å²) in [5, 5.41) is 3.36. The Kier molecular flexibility index (Phi) is 2.21. The average Bonchev–Trinajstić information content (AvgIpc) is 2.93. The van der Waals surface area contributed by atoms with Crippen LogP contribution in [0.2, 0.25) is 0 Å². The first-order chi connectivity index (χ1) is 9.35. The van der Waals surface area contributed by atoms with E-state index in [1.807, 2.05) is 0 Å². The molecule has 1 aromatic heterocycles. The van der Waals surface area contributed by atoms with Gasteiger partial charge < -0.3 is 10.3 Å². The summed E-state index contributed by atoms with van der Waals surface area (Å²) in [7, 11) is 0. The van der Waals surface area contributed by atoms with Crippen molar-refractivity contribution in [2.24, 2.45) is 29.6 Å². The molecule has 4 bridgehead atoms. The molecule has 5 aliphatic rings. The Labute approximate surface area is 114 Å². The summed E-state index contributed by atoms with van der Waals surface area (Å²) >= 11 is 0. The number of nitrogens with zero attached hydrogens (tertiary/aromatic N) is 1. The molecule has 4 fully saturated rings. The summed E-state index contributed by atoms with van der Waals surface area (Å²) in [4.78, 5) is 8.40. The highest BCUT2D eigenvalue weighted by Crippen LogP contribution is 2.57. The molecule has 6 rings (SSSR count).